The summed E-state index contributed by atoms with van der Waals surface area (Å²) in [6.07, 6.45) is 1.69. The summed E-state index contributed by atoms with van der Waals surface area (Å²) in [6, 6.07) is 12.9. The molecule has 0 aliphatic carbocycles. The third kappa shape index (κ3) is 2.78. The molecule has 21 heavy (non-hydrogen) atoms. The van der Waals surface area contributed by atoms with Gasteiger partial charge >= 0.3 is 0 Å². The van der Waals surface area contributed by atoms with Crippen molar-refractivity contribution in [2.45, 2.75) is 0 Å². The zero-order chi connectivity index (χ0) is 14.8. The van der Waals surface area contributed by atoms with Gasteiger partial charge in [-0.15, -0.1) is 0 Å². The van der Waals surface area contributed by atoms with Crippen molar-refractivity contribution in [2.75, 3.05) is 12.4 Å². The van der Waals surface area contributed by atoms with Crippen molar-refractivity contribution in [2.24, 2.45) is 0 Å². The quantitative estimate of drug-likeness (QED) is 0.841. The van der Waals surface area contributed by atoms with E-state index in [0.29, 0.717) is 11.4 Å². The van der Waals surface area contributed by atoms with Gasteiger partial charge < -0.3 is 14.8 Å². The van der Waals surface area contributed by atoms with Crippen molar-refractivity contribution in [3.63, 3.8) is 0 Å². The maximum Gasteiger partial charge on any atom is 0.291 e. The largest absolute Gasteiger partial charge is 0.496 e. The number of ether oxygens (including phenoxy) is 2. The van der Waals surface area contributed by atoms with Crippen LogP contribution in [-0.2, 0) is 4.79 Å². The number of hydrogen-bond acceptors (Lipinski definition) is 3. The maximum absolute atomic E-state index is 12.0. The minimum absolute atomic E-state index is 0.255. The Bertz CT molecular complexity index is 740. The van der Waals surface area contributed by atoms with E-state index in [2.05, 4.69) is 21.2 Å². The summed E-state index contributed by atoms with van der Waals surface area (Å²) in [5.74, 6) is 1.36. The van der Waals surface area contributed by atoms with E-state index in [0.717, 1.165) is 15.8 Å². The van der Waals surface area contributed by atoms with Crippen LogP contribution < -0.4 is 14.8 Å². The number of hydrogen-bond donors (Lipinski definition) is 1. The van der Waals surface area contributed by atoms with Crippen LogP contribution in [0.25, 0.3) is 6.08 Å². The molecule has 0 saturated heterocycles. The first-order chi connectivity index (χ1) is 10.2. The van der Waals surface area contributed by atoms with E-state index < -0.39 is 0 Å². The molecule has 1 aliphatic heterocycles. The number of amides is 1. The molecule has 106 valence electrons. The highest BCUT2D eigenvalue weighted by Crippen LogP contribution is 2.32. The molecule has 2 aromatic rings. The Labute approximate surface area is 130 Å². The van der Waals surface area contributed by atoms with Crippen LogP contribution in [0.3, 0.4) is 0 Å². The monoisotopic (exact) mass is 345 g/mol. The molecule has 2 aromatic carbocycles. The average molecular weight is 346 g/mol. The molecule has 0 saturated carbocycles. The molecule has 3 rings (SSSR count). The molecule has 4 nitrogen and oxygen atoms in total. The molecule has 0 spiro atoms. The predicted molar refractivity (Wildman–Crippen MR) is 84.4 cm³/mol. The molecular weight excluding hydrogens is 334 g/mol. The van der Waals surface area contributed by atoms with Crippen LogP contribution in [0.2, 0.25) is 0 Å². The zero-order valence-corrected chi connectivity index (χ0v) is 12.8. The van der Waals surface area contributed by atoms with Crippen LogP contribution in [0.15, 0.2) is 52.7 Å². The van der Waals surface area contributed by atoms with Crippen LogP contribution in [0.5, 0.6) is 11.5 Å². The normalized spacial score (nSPS) is 15.1. The highest BCUT2D eigenvalue weighted by molar-refractivity contribution is 9.10. The molecule has 1 heterocycles. The van der Waals surface area contributed by atoms with Crippen LogP contribution >= 0.6 is 15.9 Å². The summed E-state index contributed by atoms with van der Waals surface area (Å²) < 4.78 is 11.6. The first-order valence-electron chi connectivity index (χ1n) is 6.31. The van der Waals surface area contributed by atoms with Gasteiger partial charge in [0.1, 0.15) is 5.75 Å². The Morgan fingerprint density at radius 2 is 2.05 bits per heavy atom. The average Bonchev–Trinajstić information content (AvgIpc) is 2.48. The van der Waals surface area contributed by atoms with Gasteiger partial charge in [-0.3, -0.25) is 4.79 Å². The molecule has 0 bridgehead atoms. The number of nitrogens with one attached hydrogen (secondary N) is 1. The van der Waals surface area contributed by atoms with Crippen molar-refractivity contribution in [3.05, 3.63) is 58.3 Å². The van der Waals surface area contributed by atoms with Crippen molar-refractivity contribution >= 4 is 33.6 Å². The van der Waals surface area contributed by atoms with E-state index in [1.54, 1.807) is 19.3 Å². The fourth-order valence-corrected chi connectivity index (χ4v) is 2.58. The third-order valence-corrected chi connectivity index (χ3v) is 3.67. The zero-order valence-electron chi connectivity index (χ0n) is 11.2. The van der Waals surface area contributed by atoms with Gasteiger partial charge in [0.25, 0.3) is 5.91 Å². The number of rotatable bonds is 2. The Hall–Kier alpha value is -2.27. The lowest BCUT2D eigenvalue weighted by Crippen LogP contribution is -2.23. The molecular formula is C16H12BrNO3. The molecule has 0 unspecified atom stereocenters. The highest BCUT2D eigenvalue weighted by Gasteiger charge is 2.21. The topological polar surface area (TPSA) is 47.6 Å². The summed E-state index contributed by atoms with van der Waals surface area (Å²) in [6.45, 7) is 0. The molecule has 1 N–H and O–H groups in total. The second-order valence-corrected chi connectivity index (χ2v) is 5.31. The van der Waals surface area contributed by atoms with E-state index in [4.69, 9.17) is 9.47 Å². The summed E-state index contributed by atoms with van der Waals surface area (Å²) in [7, 11) is 1.60. The van der Waals surface area contributed by atoms with Crippen LogP contribution in [-0.4, -0.2) is 13.0 Å². The van der Waals surface area contributed by atoms with Gasteiger partial charge in [-0.05, 0) is 51.8 Å². The summed E-state index contributed by atoms with van der Waals surface area (Å²) in [5.41, 5.74) is 1.52. The predicted octanol–water partition coefficient (Wildman–Crippen LogP) is 3.83. The number of carbonyl (C=O) groups excluding carboxylic acids is 1. The van der Waals surface area contributed by atoms with Crippen LogP contribution in [0, 0.1) is 0 Å². The van der Waals surface area contributed by atoms with Gasteiger partial charge in [-0.25, -0.2) is 0 Å². The molecule has 0 atom stereocenters. The number of halogens is 1. The Morgan fingerprint density at radius 3 is 2.81 bits per heavy atom. The maximum atomic E-state index is 12.0. The molecule has 0 radical (unpaired) electrons. The molecule has 5 heteroatoms. The van der Waals surface area contributed by atoms with E-state index in [9.17, 15) is 4.79 Å². The Balaban J connectivity index is 1.93. The van der Waals surface area contributed by atoms with Crippen LogP contribution in [0.4, 0.5) is 5.69 Å². The number of methoxy groups -OCH3 is 1. The highest BCUT2D eigenvalue weighted by atomic mass is 79.9. The third-order valence-electron chi connectivity index (χ3n) is 3.05. The van der Waals surface area contributed by atoms with Gasteiger partial charge in [-0.2, -0.15) is 0 Å². The molecule has 1 amide bonds. The minimum atomic E-state index is -0.263. The second kappa shape index (κ2) is 5.61. The number of anilines is 1. The van der Waals surface area contributed by atoms with E-state index in [-0.39, 0.29) is 11.7 Å². The van der Waals surface area contributed by atoms with Crippen LogP contribution in [0.1, 0.15) is 5.56 Å². The van der Waals surface area contributed by atoms with Gasteiger partial charge in [0, 0.05) is 0 Å². The van der Waals surface area contributed by atoms with Crippen molar-refractivity contribution < 1.29 is 14.3 Å². The lowest BCUT2D eigenvalue weighted by atomic mass is 10.1. The SMILES string of the molecule is COc1ccc(C=C2Oc3ccccc3NC2=O)cc1Br. The first kappa shape index (κ1) is 13.7. The fourth-order valence-electron chi connectivity index (χ4n) is 2.03. The van der Waals surface area contributed by atoms with Gasteiger partial charge in [0.15, 0.2) is 11.5 Å². The second-order valence-electron chi connectivity index (χ2n) is 4.45. The summed E-state index contributed by atoms with van der Waals surface area (Å²) in [4.78, 5) is 12.0. The number of fused-ring (bicyclic) bond motifs is 1. The molecule has 0 fully saturated rings. The Kier molecular flexibility index (Phi) is 3.66. The van der Waals surface area contributed by atoms with Gasteiger partial charge in [-0.1, -0.05) is 18.2 Å². The smallest absolute Gasteiger partial charge is 0.291 e. The lowest BCUT2D eigenvalue weighted by Gasteiger charge is -2.19. The summed E-state index contributed by atoms with van der Waals surface area (Å²) in [5, 5.41) is 2.80. The molecule has 0 aromatic heterocycles. The first-order valence-corrected chi connectivity index (χ1v) is 7.10. The fraction of sp³-hybridized carbons (Fsp3) is 0.0625. The minimum Gasteiger partial charge on any atom is -0.496 e. The van der Waals surface area contributed by atoms with Gasteiger partial charge in [0.2, 0.25) is 0 Å². The number of carbonyl (C=O) groups is 1. The van der Waals surface area contributed by atoms with Crippen molar-refractivity contribution in [1.29, 1.82) is 0 Å². The summed E-state index contributed by atoms with van der Waals surface area (Å²) >= 11 is 3.42. The van der Waals surface area contributed by atoms with Gasteiger partial charge in [0.05, 0.1) is 17.3 Å². The lowest BCUT2D eigenvalue weighted by molar-refractivity contribution is -0.115. The number of para-hydroxylation sites is 2. The number of benzene rings is 2. The van der Waals surface area contributed by atoms with E-state index >= 15 is 0 Å². The van der Waals surface area contributed by atoms with Crippen molar-refractivity contribution in [3.8, 4) is 11.5 Å². The Morgan fingerprint density at radius 1 is 1.24 bits per heavy atom. The standard InChI is InChI=1S/C16H12BrNO3/c1-20-13-7-6-10(8-11(13)17)9-15-16(19)18-12-4-2-3-5-14(12)21-15/h2-9H,1H3,(H,18,19). The van der Waals surface area contributed by atoms with Crippen molar-refractivity contribution in [1.82, 2.24) is 0 Å². The van der Waals surface area contributed by atoms with E-state index in [1.807, 2.05) is 36.4 Å². The van der Waals surface area contributed by atoms with E-state index in [1.165, 1.54) is 0 Å². The molecule has 1 aliphatic rings.